The average molecular weight is 330 g/mol. The SMILES string of the molecule is COc1ccc(-n2cnnn2)cc1NC1=CC(=O)N(CCO)C1=O. The number of methoxy groups -OCH3 is 1. The van der Waals surface area contributed by atoms with Gasteiger partial charge < -0.3 is 15.2 Å². The van der Waals surface area contributed by atoms with E-state index in [0.717, 1.165) is 4.90 Å². The van der Waals surface area contributed by atoms with Crippen molar-refractivity contribution >= 4 is 17.5 Å². The Morgan fingerprint density at radius 3 is 2.83 bits per heavy atom. The molecule has 0 unspecified atom stereocenters. The van der Waals surface area contributed by atoms with E-state index in [4.69, 9.17) is 9.84 Å². The Morgan fingerprint density at radius 1 is 1.33 bits per heavy atom. The third-order valence-electron chi connectivity index (χ3n) is 3.40. The van der Waals surface area contributed by atoms with E-state index >= 15 is 0 Å². The highest BCUT2D eigenvalue weighted by atomic mass is 16.5. The second-order valence-electron chi connectivity index (χ2n) is 4.84. The number of ether oxygens (including phenoxy) is 1. The molecular weight excluding hydrogens is 316 g/mol. The quantitative estimate of drug-likeness (QED) is 0.669. The van der Waals surface area contributed by atoms with Gasteiger partial charge >= 0.3 is 0 Å². The highest BCUT2D eigenvalue weighted by Crippen LogP contribution is 2.29. The predicted octanol–water partition coefficient (Wildman–Crippen LogP) is -0.672. The van der Waals surface area contributed by atoms with E-state index in [0.29, 0.717) is 17.1 Å². The molecule has 0 aliphatic carbocycles. The lowest BCUT2D eigenvalue weighted by molar-refractivity contribution is -0.137. The van der Waals surface area contributed by atoms with Crippen LogP contribution in [0.2, 0.25) is 0 Å². The van der Waals surface area contributed by atoms with Crippen LogP contribution in [0.15, 0.2) is 36.3 Å². The number of aromatic nitrogens is 4. The summed E-state index contributed by atoms with van der Waals surface area (Å²) in [7, 11) is 1.49. The summed E-state index contributed by atoms with van der Waals surface area (Å²) in [6.07, 6.45) is 2.61. The van der Waals surface area contributed by atoms with Crippen LogP contribution in [-0.2, 0) is 9.59 Å². The Bertz CT molecular complexity index is 802. The van der Waals surface area contributed by atoms with E-state index in [1.165, 1.54) is 24.2 Å². The van der Waals surface area contributed by atoms with Crippen LogP contribution in [0.4, 0.5) is 5.69 Å². The summed E-state index contributed by atoms with van der Waals surface area (Å²) in [5.41, 5.74) is 1.22. The molecule has 0 spiro atoms. The minimum atomic E-state index is -0.510. The van der Waals surface area contributed by atoms with Crippen molar-refractivity contribution in [2.24, 2.45) is 0 Å². The van der Waals surface area contributed by atoms with Gasteiger partial charge in [0.05, 0.1) is 31.6 Å². The fraction of sp³-hybridized carbons (Fsp3) is 0.214. The molecule has 24 heavy (non-hydrogen) atoms. The van der Waals surface area contributed by atoms with Crippen molar-refractivity contribution in [3.8, 4) is 11.4 Å². The smallest absolute Gasteiger partial charge is 0.277 e. The molecule has 1 aromatic carbocycles. The first-order valence-electron chi connectivity index (χ1n) is 7.01. The first-order valence-corrected chi connectivity index (χ1v) is 7.01. The number of hydrogen-bond acceptors (Lipinski definition) is 8. The molecule has 1 aromatic heterocycles. The second-order valence-corrected chi connectivity index (χ2v) is 4.84. The van der Waals surface area contributed by atoms with E-state index in [-0.39, 0.29) is 18.8 Å². The Labute approximate surface area is 136 Å². The summed E-state index contributed by atoms with van der Waals surface area (Å²) in [4.78, 5) is 25.0. The highest BCUT2D eigenvalue weighted by molar-refractivity contribution is 6.17. The van der Waals surface area contributed by atoms with Gasteiger partial charge in [0.1, 0.15) is 17.8 Å². The van der Waals surface area contributed by atoms with Crippen LogP contribution in [0.1, 0.15) is 0 Å². The number of amides is 2. The number of nitrogens with one attached hydrogen (secondary N) is 1. The maximum absolute atomic E-state index is 12.2. The standard InChI is InChI=1S/C14H14N6O4/c1-24-12-3-2-9(20-8-15-17-18-20)6-10(12)16-11-7-13(22)19(4-5-21)14(11)23/h2-3,6-8,16,21H,4-5H2,1H3. The maximum Gasteiger partial charge on any atom is 0.277 e. The zero-order chi connectivity index (χ0) is 17.1. The molecule has 0 atom stereocenters. The first kappa shape index (κ1) is 15.6. The molecule has 10 heteroatoms. The number of tetrazole rings is 1. The molecule has 0 saturated carbocycles. The predicted molar refractivity (Wildman–Crippen MR) is 81.2 cm³/mol. The van der Waals surface area contributed by atoms with E-state index in [9.17, 15) is 9.59 Å². The van der Waals surface area contributed by atoms with Crippen molar-refractivity contribution in [2.75, 3.05) is 25.6 Å². The third kappa shape index (κ3) is 2.82. The Kier molecular flexibility index (Phi) is 4.20. The summed E-state index contributed by atoms with van der Waals surface area (Å²) >= 11 is 0. The molecule has 3 rings (SSSR count). The Balaban J connectivity index is 1.89. The van der Waals surface area contributed by atoms with Crippen molar-refractivity contribution in [1.29, 1.82) is 0 Å². The zero-order valence-corrected chi connectivity index (χ0v) is 12.7. The lowest BCUT2D eigenvalue weighted by Crippen LogP contribution is -2.34. The van der Waals surface area contributed by atoms with Crippen molar-refractivity contribution in [2.45, 2.75) is 0 Å². The highest BCUT2D eigenvalue weighted by Gasteiger charge is 2.31. The molecule has 0 fully saturated rings. The van der Waals surface area contributed by atoms with Crippen molar-refractivity contribution < 1.29 is 19.4 Å². The van der Waals surface area contributed by atoms with Gasteiger partial charge in [-0.2, -0.15) is 0 Å². The van der Waals surface area contributed by atoms with Crippen LogP contribution in [0.25, 0.3) is 5.69 Å². The van der Waals surface area contributed by atoms with Gasteiger partial charge in [-0.3, -0.25) is 14.5 Å². The van der Waals surface area contributed by atoms with Crippen molar-refractivity contribution in [1.82, 2.24) is 25.1 Å². The lowest BCUT2D eigenvalue weighted by atomic mass is 10.2. The zero-order valence-electron chi connectivity index (χ0n) is 12.7. The van der Waals surface area contributed by atoms with E-state index in [1.807, 2.05) is 0 Å². The van der Waals surface area contributed by atoms with Gasteiger partial charge in [-0.05, 0) is 28.6 Å². The summed E-state index contributed by atoms with van der Waals surface area (Å²) in [5, 5.41) is 22.8. The molecule has 2 N–H and O–H groups in total. The molecule has 124 valence electrons. The van der Waals surface area contributed by atoms with Gasteiger partial charge in [0, 0.05) is 6.08 Å². The third-order valence-corrected chi connectivity index (χ3v) is 3.40. The van der Waals surface area contributed by atoms with E-state index in [2.05, 4.69) is 20.8 Å². The summed E-state index contributed by atoms with van der Waals surface area (Å²) in [5.74, 6) is -0.510. The second kappa shape index (κ2) is 6.46. The summed E-state index contributed by atoms with van der Waals surface area (Å²) in [6.45, 7) is -0.349. The van der Waals surface area contributed by atoms with E-state index < -0.39 is 11.8 Å². The first-order chi connectivity index (χ1) is 11.6. The van der Waals surface area contributed by atoms with Crippen LogP contribution < -0.4 is 10.1 Å². The van der Waals surface area contributed by atoms with Crippen LogP contribution in [0.5, 0.6) is 5.75 Å². The number of imide groups is 1. The number of nitrogens with zero attached hydrogens (tertiary/aromatic N) is 5. The number of rotatable bonds is 6. The molecule has 2 aromatic rings. The van der Waals surface area contributed by atoms with Gasteiger partial charge in [0.15, 0.2) is 0 Å². The van der Waals surface area contributed by atoms with Crippen molar-refractivity contribution in [3.05, 3.63) is 36.3 Å². The molecule has 0 radical (unpaired) electrons. The monoisotopic (exact) mass is 330 g/mol. The average Bonchev–Trinajstić information content (AvgIpc) is 3.20. The topological polar surface area (TPSA) is 122 Å². The molecule has 0 bridgehead atoms. The molecule has 1 aliphatic heterocycles. The van der Waals surface area contributed by atoms with Gasteiger partial charge in [0.25, 0.3) is 11.8 Å². The number of hydrogen-bond donors (Lipinski definition) is 2. The van der Waals surface area contributed by atoms with Crippen LogP contribution in [0, 0.1) is 0 Å². The number of β-amino-alcohol motifs (C(OH)–C–C–N with tert-alkyl or cyclic N) is 1. The summed E-state index contributed by atoms with van der Waals surface area (Å²) < 4.78 is 6.71. The minimum Gasteiger partial charge on any atom is -0.495 e. The fourth-order valence-corrected chi connectivity index (χ4v) is 2.27. The normalized spacial score (nSPS) is 14.1. The van der Waals surface area contributed by atoms with Crippen LogP contribution in [-0.4, -0.2) is 62.3 Å². The van der Waals surface area contributed by atoms with Gasteiger partial charge in [-0.1, -0.05) is 0 Å². The van der Waals surface area contributed by atoms with Crippen LogP contribution in [0.3, 0.4) is 0 Å². The van der Waals surface area contributed by atoms with Gasteiger partial charge in [0.2, 0.25) is 0 Å². The van der Waals surface area contributed by atoms with Crippen LogP contribution >= 0.6 is 0 Å². The van der Waals surface area contributed by atoms with E-state index in [1.54, 1.807) is 18.2 Å². The largest absolute Gasteiger partial charge is 0.495 e. The van der Waals surface area contributed by atoms with Crippen molar-refractivity contribution in [3.63, 3.8) is 0 Å². The van der Waals surface area contributed by atoms with Gasteiger partial charge in [-0.15, -0.1) is 5.10 Å². The summed E-state index contributed by atoms with van der Waals surface area (Å²) in [6, 6.07) is 5.11. The molecule has 10 nitrogen and oxygen atoms in total. The molecule has 2 heterocycles. The Morgan fingerprint density at radius 2 is 2.17 bits per heavy atom. The number of aliphatic hydroxyl groups excluding tert-OH is 1. The number of anilines is 1. The lowest BCUT2D eigenvalue weighted by Gasteiger charge is -2.15. The number of carbonyl (C=O) groups excluding carboxylic acids is 2. The molecule has 1 aliphatic rings. The molecule has 0 saturated heterocycles. The maximum atomic E-state index is 12.2. The fourth-order valence-electron chi connectivity index (χ4n) is 2.27. The van der Waals surface area contributed by atoms with Gasteiger partial charge in [-0.25, -0.2) is 4.68 Å². The molecule has 2 amide bonds. The number of benzene rings is 1. The number of aliphatic hydroxyl groups is 1. The molecular formula is C14H14N6O4. The Hall–Kier alpha value is -3.27. The number of carbonyl (C=O) groups is 2. The minimum absolute atomic E-state index is 0.0544.